The van der Waals surface area contributed by atoms with Gasteiger partial charge < -0.3 is 5.11 Å². The Kier molecular flexibility index (Phi) is 4.40. The van der Waals surface area contributed by atoms with E-state index in [1.54, 1.807) is 24.3 Å². The molecule has 0 unspecified atom stereocenters. The predicted molar refractivity (Wildman–Crippen MR) is 77.4 cm³/mol. The number of hydrogen-bond donors (Lipinski definition) is 2. The number of nitrogens with zero attached hydrogens (tertiary/aromatic N) is 2. The zero-order chi connectivity index (χ0) is 15.2. The van der Waals surface area contributed by atoms with E-state index in [4.69, 9.17) is 5.11 Å². The molecule has 1 heterocycles. The molecule has 0 atom stereocenters. The minimum atomic E-state index is -0.987. The van der Waals surface area contributed by atoms with E-state index in [0.29, 0.717) is 11.1 Å². The fourth-order valence-electron chi connectivity index (χ4n) is 1.54. The summed E-state index contributed by atoms with van der Waals surface area (Å²) in [6.07, 6.45) is 2.91. The SMILES string of the molecule is Cc1ccc(C(=O)NN=Cc2ccc(C(=O)O)cc2)cn1. The number of hydrazone groups is 1. The number of benzene rings is 1. The van der Waals surface area contributed by atoms with Crippen LogP contribution in [0.2, 0.25) is 0 Å². The molecule has 2 N–H and O–H groups in total. The fourth-order valence-corrected chi connectivity index (χ4v) is 1.54. The molecule has 0 bridgehead atoms. The third-order valence-corrected chi connectivity index (χ3v) is 2.71. The molecule has 6 heteroatoms. The Balaban J connectivity index is 1.97. The lowest BCUT2D eigenvalue weighted by molar-refractivity contribution is 0.0696. The van der Waals surface area contributed by atoms with Gasteiger partial charge in [0.2, 0.25) is 0 Å². The molecule has 2 rings (SSSR count). The summed E-state index contributed by atoms with van der Waals surface area (Å²) in [5.41, 5.74) is 4.50. The van der Waals surface area contributed by atoms with Crippen molar-refractivity contribution < 1.29 is 14.7 Å². The topological polar surface area (TPSA) is 91.7 Å². The van der Waals surface area contributed by atoms with Gasteiger partial charge in [-0.1, -0.05) is 12.1 Å². The molecule has 0 fully saturated rings. The summed E-state index contributed by atoms with van der Waals surface area (Å²) in [6, 6.07) is 9.54. The average molecular weight is 283 g/mol. The molecular formula is C15H13N3O3. The maximum atomic E-state index is 11.7. The Labute approximate surface area is 121 Å². The Morgan fingerprint density at radius 3 is 2.38 bits per heavy atom. The maximum absolute atomic E-state index is 11.7. The Morgan fingerprint density at radius 1 is 1.14 bits per heavy atom. The van der Waals surface area contributed by atoms with E-state index in [1.165, 1.54) is 24.5 Å². The summed E-state index contributed by atoms with van der Waals surface area (Å²) in [7, 11) is 0. The van der Waals surface area contributed by atoms with Crippen LogP contribution >= 0.6 is 0 Å². The third kappa shape index (κ3) is 3.97. The summed E-state index contributed by atoms with van der Waals surface area (Å²) >= 11 is 0. The van der Waals surface area contributed by atoms with Gasteiger partial charge in [0.05, 0.1) is 17.3 Å². The molecule has 1 amide bonds. The number of rotatable bonds is 4. The molecule has 0 saturated carbocycles. The zero-order valence-electron chi connectivity index (χ0n) is 11.3. The number of carboxylic acids is 1. The predicted octanol–water partition coefficient (Wildman–Crippen LogP) is 1.85. The molecule has 0 radical (unpaired) electrons. The highest BCUT2D eigenvalue weighted by molar-refractivity contribution is 5.94. The van der Waals surface area contributed by atoms with Gasteiger partial charge in [0, 0.05) is 11.9 Å². The molecule has 0 aliphatic rings. The molecule has 6 nitrogen and oxygen atoms in total. The fraction of sp³-hybridized carbons (Fsp3) is 0.0667. The van der Waals surface area contributed by atoms with Crippen LogP contribution in [-0.4, -0.2) is 28.2 Å². The van der Waals surface area contributed by atoms with Gasteiger partial charge in [0.15, 0.2) is 0 Å². The third-order valence-electron chi connectivity index (χ3n) is 2.71. The van der Waals surface area contributed by atoms with Gasteiger partial charge in [-0.05, 0) is 36.8 Å². The Morgan fingerprint density at radius 2 is 1.81 bits per heavy atom. The summed E-state index contributed by atoms with van der Waals surface area (Å²) in [4.78, 5) is 26.5. The number of aryl methyl sites for hydroxylation is 1. The van der Waals surface area contributed by atoms with Crippen molar-refractivity contribution in [3.05, 3.63) is 65.0 Å². The molecular weight excluding hydrogens is 270 g/mol. The molecule has 106 valence electrons. The first kappa shape index (κ1) is 14.4. The molecule has 0 saturated heterocycles. The standard InChI is InChI=1S/C15H13N3O3/c1-10-2-5-13(9-16-10)14(19)18-17-8-11-3-6-12(7-4-11)15(20)21/h2-9H,1H3,(H,18,19)(H,20,21). The number of carboxylic acid groups (broad SMARTS) is 1. The minimum absolute atomic E-state index is 0.196. The minimum Gasteiger partial charge on any atom is -0.478 e. The van der Waals surface area contributed by atoms with Crippen molar-refractivity contribution in [2.24, 2.45) is 5.10 Å². The van der Waals surface area contributed by atoms with Crippen LogP contribution in [0.3, 0.4) is 0 Å². The van der Waals surface area contributed by atoms with Crippen LogP contribution in [0, 0.1) is 6.92 Å². The van der Waals surface area contributed by atoms with Gasteiger partial charge >= 0.3 is 5.97 Å². The summed E-state index contributed by atoms with van der Waals surface area (Å²) < 4.78 is 0. The number of pyridine rings is 1. The van der Waals surface area contributed by atoms with Crippen molar-refractivity contribution >= 4 is 18.1 Å². The first-order valence-electron chi connectivity index (χ1n) is 6.15. The van der Waals surface area contributed by atoms with Gasteiger partial charge in [-0.25, -0.2) is 10.2 Å². The summed E-state index contributed by atoms with van der Waals surface area (Å²) in [5.74, 6) is -1.35. The first-order chi connectivity index (χ1) is 10.1. The summed E-state index contributed by atoms with van der Waals surface area (Å²) in [5, 5.41) is 12.6. The van der Waals surface area contributed by atoms with E-state index in [2.05, 4.69) is 15.5 Å². The monoisotopic (exact) mass is 283 g/mol. The molecule has 2 aromatic rings. The highest BCUT2D eigenvalue weighted by Crippen LogP contribution is 2.02. The van der Waals surface area contributed by atoms with Gasteiger partial charge in [-0.15, -0.1) is 0 Å². The lowest BCUT2D eigenvalue weighted by atomic mass is 10.1. The number of aromatic carboxylic acids is 1. The molecule has 0 spiro atoms. The van der Waals surface area contributed by atoms with Crippen molar-refractivity contribution in [3.8, 4) is 0 Å². The van der Waals surface area contributed by atoms with E-state index < -0.39 is 5.97 Å². The first-order valence-corrected chi connectivity index (χ1v) is 6.15. The number of aromatic nitrogens is 1. The molecule has 21 heavy (non-hydrogen) atoms. The number of hydrogen-bond acceptors (Lipinski definition) is 4. The zero-order valence-corrected chi connectivity index (χ0v) is 11.3. The van der Waals surface area contributed by atoms with Gasteiger partial charge in [0.25, 0.3) is 5.91 Å². The van der Waals surface area contributed by atoms with E-state index >= 15 is 0 Å². The quantitative estimate of drug-likeness (QED) is 0.661. The normalized spacial score (nSPS) is 10.5. The second-order valence-electron chi connectivity index (χ2n) is 4.31. The molecule has 0 aliphatic carbocycles. The smallest absolute Gasteiger partial charge is 0.335 e. The molecule has 1 aromatic carbocycles. The van der Waals surface area contributed by atoms with Crippen molar-refractivity contribution in [1.29, 1.82) is 0 Å². The Bertz CT molecular complexity index is 676. The number of carbonyl (C=O) groups excluding carboxylic acids is 1. The van der Waals surface area contributed by atoms with Crippen molar-refractivity contribution in [2.75, 3.05) is 0 Å². The lowest BCUT2D eigenvalue weighted by Crippen LogP contribution is -2.17. The second-order valence-corrected chi connectivity index (χ2v) is 4.31. The van der Waals surface area contributed by atoms with Gasteiger partial charge in [0.1, 0.15) is 0 Å². The van der Waals surface area contributed by atoms with Crippen molar-refractivity contribution in [3.63, 3.8) is 0 Å². The largest absolute Gasteiger partial charge is 0.478 e. The van der Waals surface area contributed by atoms with Crippen LogP contribution in [0.15, 0.2) is 47.7 Å². The van der Waals surface area contributed by atoms with Crippen molar-refractivity contribution in [1.82, 2.24) is 10.4 Å². The van der Waals surface area contributed by atoms with E-state index in [-0.39, 0.29) is 11.5 Å². The van der Waals surface area contributed by atoms with Gasteiger partial charge in [-0.2, -0.15) is 5.10 Å². The van der Waals surface area contributed by atoms with Crippen LogP contribution < -0.4 is 5.43 Å². The van der Waals surface area contributed by atoms with Crippen molar-refractivity contribution in [2.45, 2.75) is 6.92 Å². The number of nitrogens with one attached hydrogen (secondary N) is 1. The highest BCUT2D eigenvalue weighted by atomic mass is 16.4. The average Bonchev–Trinajstić information content (AvgIpc) is 2.48. The summed E-state index contributed by atoms with van der Waals surface area (Å²) in [6.45, 7) is 1.83. The Hall–Kier alpha value is -3.02. The van der Waals surface area contributed by atoms with Crippen LogP contribution in [0.25, 0.3) is 0 Å². The second kappa shape index (κ2) is 6.42. The van der Waals surface area contributed by atoms with Crippen LogP contribution in [0.5, 0.6) is 0 Å². The van der Waals surface area contributed by atoms with Crippen LogP contribution in [0.4, 0.5) is 0 Å². The number of amides is 1. The van der Waals surface area contributed by atoms with E-state index in [0.717, 1.165) is 5.69 Å². The highest BCUT2D eigenvalue weighted by Gasteiger charge is 2.04. The maximum Gasteiger partial charge on any atom is 0.335 e. The number of carbonyl (C=O) groups is 2. The van der Waals surface area contributed by atoms with Crippen LogP contribution in [0.1, 0.15) is 32.0 Å². The van der Waals surface area contributed by atoms with E-state index in [9.17, 15) is 9.59 Å². The van der Waals surface area contributed by atoms with Crippen LogP contribution in [-0.2, 0) is 0 Å². The molecule has 0 aliphatic heterocycles. The van der Waals surface area contributed by atoms with E-state index in [1.807, 2.05) is 6.92 Å². The lowest BCUT2D eigenvalue weighted by Gasteiger charge is -2.00. The van der Waals surface area contributed by atoms with Gasteiger partial charge in [-0.3, -0.25) is 9.78 Å². The molecule has 1 aromatic heterocycles.